The maximum absolute atomic E-state index is 8.53. The lowest BCUT2D eigenvalue weighted by molar-refractivity contribution is 0.205. The van der Waals surface area contributed by atoms with E-state index in [9.17, 15) is 0 Å². The molecule has 1 aromatic heterocycles. The summed E-state index contributed by atoms with van der Waals surface area (Å²) in [5.41, 5.74) is 6.35. The molecule has 100 valence electrons. The number of anilines is 1. The van der Waals surface area contributed by atoms with Gasteiger partial charge < -0.3 is 20.6 Å². The van der Waals surface area contributed by atoms with Crippen LogP contribution in [0.4, 0.5) is 5.95 Å². The lowest BCUT2D eigenvalue weighted by atomic mass is 10.3. The first-order valence-corrected chi connectivity index (χ1v) is 5.67. The summed E-state index contributed by atoms with van der Waals surface area (Å²) >= 11 is 0. The number of nitrogens with two attached hydrogens (primary N) is 1. The Morgan fingerprint density at radius 3 is 2.94 bits per heavy atom. The Labute approximate surface area is 106 Å². The zero-order valence-corrected chi connectivity index (χ0v) is 10.7. The first-order valence-electron chi connectivity index (χ1n) is 5.67. The van der Waals surface area contributed by atoms with E-state index in [1.807, 2.05) is 17.9 Å². The van der Waals surface area contributed by atoms with Gasteiger partial charge >= 0.3 is 0 Å². The topological polar surface area (TPSA) is 96.9 Å². The van der Waals surface area contributed by atoms with E-state index in [2.05, 4.69) is 15.1 Å². The summed E-state index contributed by atoms with van der Waals surface area (Å²) in [5.74, 6) is 0.808. The Bertz CT molecular complexity index is 397. The predicted molar refractivity (Wildman–Crippen MR) is 68.9 cm³/mol. The van der Waals surface area contributed by atoms with Crippen molar-refractivity contribution >= 4 is 11.8 Å². The van der Waals surface area contributed by atoms with Gasteiger partial charge in [0, 0.05) is 38.5 Å². The fraction of sp³-hybridized carbons (Fsp3) is 0.545. The van der Waals surface area contributed by atoms with Crippen molar-refractivity contribution in [3.05, 3.63) is 18.0 Å². The minimum atomic E-state index is 0.185. The molecule has 0 saturated heterocycles. The van der Waals surface area contributed by atoms with Crippen LogP contribution in [0.25, 0.3) is 0 Å². The maximum Gasteiger partial charge on any atom is 0.225 e. The van der Waals surface area contributed by atoms with Crippen molar-refractivity contribution in [1.29, 1.82) is 0 Å². The molecule has 0 radical (unpaired) electrons. The quantitative estimate of drug-likeness (QED) is 0.315. The average molecular weight is 253 g/mol. The molecule has 3 N–H and O–H groups in total. The number of aromatic nitrogens is 2. The van der Waals surface area contributed by atoms with Gasteiger partial charge in [-0.05, 0) is 13.0 Å². The Balaban J connectivity index is 2.71. The first-order chi connectivity index (χ1) is 8.67. The second-order valence-electron chi connectivity index (χ2n) is 3.82. The van der Waals surface area contributed by atoms with Gasteiger partial charge in [-0.2, -0.15) is 0 Å². The minimum absolute atomic E-state index is 0.185. The van der Waals surface area contributed by atoms with Crippen molar-refractivity contribution in [3.8, 4) is 0 Å². The average Bonchev–Trinajstić information content (AvgIpc) is 2.38. The molecule has 1 heterocycles. The van der Waals surface area contributed by atoms with Gasteiger partial charge in [0.1, 0.15) is 5.84 Å². The number of amidine groups is 1. The molecule has 0 atom stereocenters. The molecule has 0 unspecified atom stereocenters. The summed E-state index contributed by atoms with van der Waals surface area (Å²) in [6.07, 6.45) is 2.15. The number of hydrogen-bond acceptors (Lipinski definition) is 6. The summed E-state index contributed by atoms with van der Waals surface area (Å²) < 4.78 is 5.05. The number of ether oxygens (including phenoxy) is 1. The first kappa shape index (κ1) is 14.2. The molecule has 0 bridgehead atoms. The summed E-state index contributed by atoms with van der Waals surface area (Å²) in [6.45, 7) is 3.69. The molecule has 1 rings (SSSR count). The largest absolute Gasteiger partial charge is 0.409 e. The zero-order valence-electron chi connectivity index (χ0n) is 10.7. The Hall–Kier alpha value is -1.89. The van der Waals surface area contributed by atoms with E-state index in [-0.39, 0.29) is 5.84 Å². The fourth-order valence-corrected chi connectivity index (χ4v) is 1.40. The van der Waals surface area contributed by atoms with Gasteiger partial charge in [-0.25, -0.2) is 9.97 Å². The second kappa shape index (κ2) is 7.44. The van der Waals surface area contributed by atoms with Crippen LogP contribution < -0.4 is 10.6 Å². The zero-order chi connectivity index (χ0) is 13.4. The van der Waals surface area contributed by atoms with Crippen molar-refractivity contribution in [3.63, 3.8) is 0 Å². The Kier molecular flexibility index (Phi) is 5.86. The van der Waals surface area contributed by atoms with Crippen LogP contribution in [0.1, 0.15) is 12.1 Å². The van der Waals surface area contributed by atoms with E-state index in [1.54, 1.807) is 13.3 Å². The highest BCUT2D eigenvalue weighted by molar-refractivity contribution is 5.80. The van der Waals surface area contributed by atoms with Crippen molar-refractivity contribution in [2.24, 2.45) is 10.9 Å². The standard InChI is InChI=1S/C11H19N5O2/c1-9-3-5-13-11(14-9)16(7-8-18-2)6-4-10(12)15-17/h3,5,17H,4,6-8H2,1-2H3,(H2,12,15). The van der Waals surface area contributed by atoms with Crippen LogP contribution in [0.3, 0.4) is 0 Å². The molecule has 0 aliphatic carbocycles. The minimum Gasteiger partial charge on any atom is -0.409 e. The molecule has 7 heteroatoms. The molecule has 0 aromatic carbocycles. The van der Waals surface area contributed by atoms with Crippen LogP contribution >= 0.6 is 0 Å². The number of methoxy groups -OCH3 is 1. The number of rotatable bonds is 7. The van der Waals surface area contributed by atoms with Crippen LogP contribution in [0.15, 0.2) is 17.4 Å². The van der Waals surface area contributed by atoms with Gasteiger partial charge in [0.2, 0.25) is 5.95 Å². The lowest BCUT2D eigenvalue weighted by Crippen LogP contribution is -2.32. The summed E-state index contributed by atoms with van der Waals surface area (Å²) in [4.78, 5) is 10.5. The van der Waals surface area contributed by atoms with Crippen LogP contribution in [0.5, 0.6) is 0 Å². The van der Waals surface area contributed by atoms with E-state index in [0.717, 1.165) is 5.69 Å². The summed E-state index contributed by atoms with van der Waals surface area (Å²) in [6, 6.07) is 1.83. The third kappa shape index (κ3) is 4.54. The molecular weight excluding hydrogens is 234 g/mol. The Morgan fingerprint density at radius 1 is 1.56 bits per heavy atom. The second-order valence-corrected chi connectivity index (χ2v) is 3.82. The molecule has 18 heavy (non-hydrogen) atoms. The molecule has 0 saturated carbocycles. The van der Waals surface area contributed by atoms with Crippen molar-refractivity contribution in [2.45, 2.75) is 13.3 Å². The van der Waals surface area contributed by atoms with E-state index < -0.39 is 0 Å². The van der Waals surface area contributed by atoms with Gasteiger partial charge in [-0.1, -0.05) is 5.16 Å². The number of oxime groups is 1. The van der Waals surface area contributed by atoms with Gasteiger partial charge in [0.05, 0.1) is 6.61 Å². The third-order valence-corrected chi connectivity index (χ3v) is 2.40. The highest BCUT2D eigenvalue weighted by Crippen LogP contribution is 2.07. The highest BCUT2D eigenvalue weighted by Gasteiger charge is 2.10. The fourth-order valence-electron chi connectivity index (χ4n) is 1.40. The van der Waals surface area contributed by atoms with Crippen molar-refractivity contribution < 1.29 is 9.94 Å². The smallest absolute Gasteiger partial charge is 0.225 e. The van der Waals surface area contributed by atoms with Crippen LogP contribution in [0.2, 0.25) is 0 Å². The molecule has 7 nitrogen and oxygen atoms in total. The number of nitrogens with zero attached hydrogens (tertiary/aromatic N) is 4. The normalized spacial score (nSPS) is 11.6. The SMILES string of the molecule is COCCN(CC/C(N)=N/O)c1nccc(C)n1. The van der Waals surface area contributed by atoms with Crippen LogP contribution in [0, 0.1) is 6.92 Å². The van der Waals surface area contributed by atoms with E-state index in [0.29, 0.717) is 32.1 Å². The van der Waals surface area contributed by atoms with Gasteiger partial charge in [-0.3, -0.25) is 0 Å². The third-order valence-electron chi connectivity index (χ3n) is 2.40. The molecule has 1 aromatic rings. The molecular formula is C11H19N5O2. The van der Waals surface area contributed by atoms with Gasteiger partial charge in [-0.15, -0.1) is 0 Å². The summed E-state index contributed by atoms with van der Waals surface area (Å²) in [5, 5.41) is 11.5. The molecule has 0 amide bonds. The van der Waals surface area contributed by atoms with Crippen LogP contribution in [-0.2, 0) is 4.74 Å². The maximum atomic E-state index is 8.53. The van der Waals surface area contributed by atoms with E-state index in [1.165, 1.54) is 0 Å². The van der Waals surface area contributed by atoms with E-state index in [4.69, 9.17) is 15.7 Å². The molecule has 0 spiro atoms. The lowest BCUT2D eigenvalue weighted by Gasteiger charge is -2.22. The van der Waals surface area contributed by atoms with Crippen molar-refractivity contribution in [1.82, 2.24) is 9.97 Å². The van der Waals surface area contributed by atoms with Gasteiger partial charge in [0.25, 0.3) is 0 Å². The monoisotopic (exact) mass is 253 g/mol. The molecule has 0 aliphatic heterocycles. The molecule has 0 aliphatic rings. The molecule has 0 fully saturated rings. The van der Waals surface area contributed by atoms with E-state index >= 15 is 0 Å². The van der Waals surface area contributed by atoms with Gasteiger partial charge in [0.15, 0.2) is 0 Å². The summed E-state index contributed by atoms with van der Waals surface area (Å²) in [7, 11) is 1.64. The highest BCUT2D eigenvalue weighted by atomic mass is 16.5. The number of hydrogen-bond donors (Lipinski definition) is 2. The van der Waals surface area contributed by atoms with Crippen LogP contribution in [-0.4, -0.2) is 47.8 Å². The van der Waals surface area contributed by atoms with Crippen molar-refractivity contribution in [2.75, 3.05) is 31.7 Å². The number of aryl methyl sites for hydroxylation is 1. The predicted octanol–water partition coefficient (Wildman–Crippen LogP) is 0.374. The Morgan fingerprint density at radius 2 is 2.33 bits per heavy atom.